The Morgan fingerprint density at radius 1 is 1.03 bits per heavy atom. The molecule has 166 valence electrons. The van der Waals surface area contributed by atoms with Crippen molar-refractivity contribution in [1.82, 2.24) is 10.3 Å². The number of para-hydroxylation sites is 2. The summed E-state index contributed by atoms with van der Waals surface area (Å²) in [5, 5.41) is 4.23. The molecule has 1 aromatic heterocycles. The molecule has 2 aliphatic carbocycles. The molecular weight excluding hydrogens is 396 g/mol. The van der Waals surface area contributed by atoms with Crippen LogP contribution in [0.2, 0.25) is 0 Å². The summed E-state index contributed by atoms with van der Waals surface area (Å²) in [5.41, 5.74) is 3.17. The molecule has 4 atom stereocenters. The minimum atomic E-state index is -0.0117. The molecule has 0 aliphatic heterocycles. The van der Waals surface area contributed by atoms with Gasteiger partial charge in [0.1, 0.15) is 5.75 Å². The van der Waals surface area contributed by atoms with Gasteiger partial charge in [0.25, 0.3) is 5.91 Å². The summed E-state index contributed by atoms with van der Waals surface area (Å²) < 4.78 is 6.03. The summed E-state index contributed by atoms with van der Waals surface area (Å²) in [6.07, 6.45) is 5.36. The summed E-state index contributed by atoms with van der Waals surface area (Å²) in [6.45, 7) is 6.21. The van der Waals surface area contributed by atoms with E-state index in [9.17, 15) is 4.79 Å². The van der Waals surface area contributed by atoms with Gasteiger partial charge >= 0.3 is 0 Å². The van der Waals surface area contributed by atoms with E-state index < -0.39 is 0 Å². The van der Waals surface area contributed by atoms with Crippen molar-refractivity contribution in [3.63, 3.8) is 0 Å². The quantitative estimate of drug-likeness (QED) is 0.505. The Kier molecular flexibility index (Phi) is 5.62. The molecule has 1 N–H and O–H groups in total. The van der Waals surface area contributed by atoms with Crippen LogP contribution in [0.5, 0.6) is 5.75 Å². The molecule has 0 saturated heterocycles. The van der Waals surface area contributed by atoms with Gasteiger partial charge in [-0.15, -0.1) is 0 Å². The summed E-state index contributed by atoms with van der Waals surface area (Å²) >= 11 is 0. The maximum atomic E-state index is 13.5. The molecule has 1 heterocycles. The molecule has 2 aliphatic rings. The zero-order chi connectivity index (χ0) is 22.2. The average molecular weight is 429 g/mol. The van der Waals surface area contributed by atoms with Gasteiger partial charge in [0.05, 0.1) is 22.9 Å². The topological polar surface area (TPSA) is 51.2 Å². The Hall–Kier alpha value is -2.88. The summed E-state index contributed by atoms with van der Waals surface area (Å²) in [4.78, 5) is 18.4. The van der Waals surface area contributed by atoms with Crippen LogP contribution in [0.4, 0.5) is 0 Å². The van der Waals surface area contributed by atoms with Crippen molar-refractivity contribution in [3.05, 3.63) is 60.2 Å². The predicted molar refractivity (Wildman–Crippen MR) is 129 cm³/mol. The molecule has 0 spiro atoms. The normalized spacial score (nSPS) is 22.9. The first-order chi connectivity index (χ1) is 15.5. The molecule has 2 saturated carbocycles. The lowest BCUT2D eigenvalue weighted by molar-refractivity contribution is 0.0917. The van der Waals surface area contributed by atoms with Crippen molar-refractivity contribution >= 4 is 16.8 Å². The van der Waals surface area contributed by atoms with Crippen LogP contribution in [0.3, 0.4) is 0 Å². The third kappa shape index (κ3) is 3.99. The van der Waals surface area contributed by atoms with Crippen LogP contribution in [-0.2, 0) is 0 Å². The van der Waals surface area contributed by atoms with E-state index in [0.29, 0.717) is 11.5 Å². The number of fused-ring (bicyclic) bond motifs is 3. The van der Waals surface area contributed by atoms with Crippen LogP contribution in [0.1, 0.15) is 56.8 Å². The molecule has 2 aromatic carbocycles. The molecule has 2 bridgehead atoms. The molecule has 4 unspecified atom stereocenters. The SMILES string of the molecule is CC(C)Oc1ccccc1-c1cc(C(=O)NC(C)C2CC3CCC2C3)c2ccccc2n1. The van der Waals surface area contributed by atoms with E-state index in [1.54, 1.807) is 0 Å². The van der Waals surface area contributed by atoms with E-state index in [-0.39, 0.29) is 18.1 Å². The second-order valence-electron chi connectivity index (χ2n) is 9.84. The van der Waals surface area contributed by atoms with E-state index in [1.807, 2.05) is 68.4 Å². The first-order valence-electron chi connectivity index (χ1n) is 12.0. The average Bonchev–Trinajstić information content (AvgIpc) is 3.42. The first-order valence-corrected chi connectivity index (χ1v) is 12.0. The molecule has 3 aromatic rings. The number of carbonyl (C=O) groups excluding carboxylic acids is 1. The third-order valence-corrected chi connectivity index (χ3v) is 7.28. The summed E-state index contributed by atoms with van der Waals surface area (Å²) in [7, 11) is 0. The van der Waals surface area contributed by atoms with Crippen LogP contribution < -0.4 is 10.1 Å². The highest BCUT2D eigenvalue weighted by molar-refractivity contribution is 6.07. The van der Waals surface area contributed by atoms with Gasteiger partial charge in [-0.1, -0.05) is 36.8 Å². The molecule has 4 nitrogen and oxygen atoms in total. The lowest BCUT2D eigenvalue weighted by Gasteiger charge is -2.28. The Morgan fingerprint density at radius 3 is 2.56 bits per heavy atom. The number of hydrogen-bond donors (Lipinski definition) is 1. The number of benzene rings is 2. The van der Waals surface area contributed by atoms with Gasteiger partial charge in [-0.25, -0.2) is 4.98 Å². The van der Waals surface area contributed by atoms with E-state index in [0.717, 1.165) is 39.7 Å². The van der Waals surface area contributed by atoms with Gasteiger partial charge in [0.15, 0.2) is 0 Å². The highest BCUT2D eigenvalue weighted by atomic mass is 16.5. The van der Waals surface area contributed by atoms with Crippen molar-refractivity contribution in [2.24, 2.45) is 17.8 Å². The van der Waals surface area contributed by atoms with Gasteiger partial charge in [0, 0.05) is 17.0 Å². The number of pyridine rings is 1. The van der Waals surface area contributed by atoms with Crippen molar-refractivity contribution in [2.75, 3.05) is 0 Å². The predicted octanol–water partition coefficient (Wildman–Crippen LogP) is 6.24. The zero-order valence-corrected chi connectivity index (χ0v) is 19.2. The van der Waals surface area contributed by atoms with Crippen LogP contribution >= 0.6 is 0 Å². The third-order valence-electron chi connectivity index (χ3n) is 7.28. The maximum Gasteiger partial charge on any atom is 0.252 e. The number of aromatic nitrogens is 1. The minimum Gasteiger partial charge on any atom is -0.490 e. The van der Waals surface area contributed by atoms with Gasteiger partial charge in [0.2, 0.25) is 0 Å². The van der Waals surface area contributed by atoms with Crippen LogP contribution in [0.15, 0.2) is 54.6 Å². The Labute approximate surface area is 190 Å². The number of carbonyl (C=O) groups is 1. The van der Waals surface area contributed by atoms with Crippen LogP contribution in [0.25, 0.3) is 22.2 Å². The number of rotatable bonds is 6. The summed E-state index contributed by atoms with van der Waals surface area (Å²) in [5.74, 6) is 3.02. The van der Waals surface area contributed by atoms with E-state index >= 15 is 0 Å². The van der Waals surface area contributed by atoms with Gasteiger partial charge in [-0.05, 0) is 82.1 Å². The van der Waals surface area contributed by atoms with Gasteiger partial charge in [-0.2, -0.15) is 0 Å². The number of nitrogens with one attached hydrogen (secondary N) is 1. The Balaban J connectivity index is 1.50. The molecule has 0 radical (unpaired) electrons. The fourth-order valence-corrected chi connectivity index (χ4v) is 5.83. The minimum absolute atomic E-state index is 0.0117. The van der Waals surface area contributed by atoms with E-state index in [2.05, 4.69) is 12.2 Å². The fourth-order valence-electron chi connectivity index (χ4n) is 5.83. The Bertz CT molecular complexity index is 1140. The lowest BCUT2D eigenvalue weighted by Crippen LogP contribution is -2.40. The van der Waals surface area contributed by atoms with Crippen molar-refractivity contribution in [2.45, 2.75) is 58.6 Å². The smallest absolute Gasteiger partial charge is 0.252 e. The molecule has 32 heavy (non-hydrogen) atoms. The second-order valence-corrected chi connectivity index (χ2v) is 9.84. The lowest BCUT2D eigenvalue weighted by atomic mass is 9.84. The van der Waals surface area contributed by atoms with Gasteiger partial charge < -0.3 is 10.1 Å². The largest absolute Gasteiger partial charge is 0.490 e. The van der Waals surface area contributed by atoms with E-state index in [4.69, 9.17) is 9.72 Å². The summed E-state index contributed by atoms with van der Waals surface area (Å²) in [6, 6.07) is 17.9. The second kappa shape index (κ2) is 8.57. The Morgan fingerprint density at radius 2 is 1.81 bits per heavy atom. The van der Waals surface area contributed by atoms with E-state index in [1.165, 1.54) is 25.7 Å². The highest BCUT2D eigenvalue weighted by Crippen LogP contribution is 2.49. The molecule has 5 rings (SSSR count). The maximum absolute atomic E-state index is 13.5. The first kappa shape index (κ1) is 21.0. The number of ether oxygens (including phenoxy) is 1. The number of amides is 1. The number of nitrogens with zero attached hydrogens (tertiary/aromatic N) is 1. The van der Waals surface area contributed by atoms with Crippen LogP contribution in [0, 0.1) is 17.8 Å². The fraction of sp³-hybridized carbons (Fsp3) is 0.429. The standard InChI is InChI=1S/C28H32N2O2/c1-17(2)32-27-11-7-5-9-22(27)26-16-24(21-8-4-6-10-25(21)30-26)28(31)29-18(3)23-15-19-12-13-20(23)14-19/h4-11,16-20,23H,12-15H2,1-3H3,(H,29,31). The van der Waals surface area contributed by atoms with Crippen molar-refractivity contribution < 1.29 is 9.53 Å². The van der Waals surface area contributed by atoms with Crippen LogP contribution in [-0.4, -0.2) is 23.0 Å². The zero-order valence-electron chi connectivity index (χ0n) is 19.2. The molecule has 4 heteroatoms. The molecular formula is C28H32N2O2. The van der Waals surface area contributed by atoms with Gasteiger partial charge in [-0.3, -0.25) is 4.79 Å². The van der Waals surface area contributed by atoms with Crippen molar-refractivity contribution in [1.29, 1.82) is 0 Å². The molecule has 2 fully saturated rings. The molecule has 1 amide bonds. The van der Waals surface area contributed by atoms with Crippen molar-refractivity contribution in [3.8, 4) is 17.0 Å². The number of hydrogen-bond acceptors (Lipinski definition) is 3. The highest BCUT2D eigenvalue weighted by Gasteiger charge is 2.42. The monoisotopic (exact) mass is 428 g/mol.